The van der Waals surface area contributed by atoms with E-state index in [9.17, 15) is 4.79 Å². The van der Waals surface area contributed by atoms with Gasteiger partial charge in [0.05, 0.1) is 26.0 Å². The molecule has 0 unspecified atom stereocenters. The summed E-state index contributed by atoms with van der Waals surface area (Å²) in [5, 5.41) is 9.12. The summed E-state index contributed by atoms with van der Waals surface area (Å²) in [4.78, 5) is 17.5. The minimum absolute atomic E-state index is 0.124. The van der Waals surface area contributed by atoms with E-state index in [0.29, 0.717) is 24.0 Å². The number of ether oxygens (including phenoxy) is 2. The third-order valence-corrected chi connectivity index (χ3v) is 7.13. The number of hydrogen-bond donors (Lipinski definition) is 1. The number of fused-ring (bicyclic) bond motifs is 1. The Morgan fingerprint density at radius 1 is 1.06 bits per heavy atom. The van der Waals surface area contributed by atoms with Crippen molar-refractivity contribution in [2.45, 2.75) is 38.3 Å². The number of hydrogen-bond acceptors (Lipinski definition) is 6. The van der Waals surface area contributed by atoms with E-state index in [1.54, 1.807) is 21.3 Å². The van der Waals surface area contributed by atoms with Crippen molar-refractivity contribution in [2.75, 3.05) is 53.4 Å². The Morgan fingerprint density at radius 2 is 1.69 bits per heavy atom. The Labute approximate surface area is 208 Å². The highest BCUT2D eigenvalue weighted by Gasteiger charge is 2.28. The highest BCUT2D eigenvalue weighted by molar-refractivity contribution is 6.14. The largest absolute Gasteiger partial charge is 0.493 e. The number of nitrogens with zero attached hydrogens (tertiary/aromatic N) is 4. The summed E-state index contributed by atoms with van der Waals surface area (Å²) < 4.78 is 11.1. The first-order chi connectivity index (χ1) is 16.9. The second-order valence-corrected chi connectivity index (χ2v) is 9.49. The molecule has 2 aromatic rings. The van der Waals surface area contributed by atoms with Crippen LogP contribution in [-0.4, -0.2) is 82.2 Å². The smallest absolute Gasteiger partial charge is 0.337 e. The normalized spacial score (nSPS) is 18.6. The van der Waals surface area contributed by atoms with Crippen molar-refractivity contribution in [1.82, 2.24) is 15.2 Å². The van der Waals surface area contributed by atoms with E-state index in [1.165, 1.54) is 10.7 Å². The lowest BCUT2D eigenvalue weighted by atomic mass is 9.93. The van der Waals surface area contributed by atoms with E-state index in [0.717, 1.165) is 48.3 Å². The maximum absolute atomic E-state index is 12.7. The minimum Gasteiger partial charge on any atom is -0.493 e. The fourth-order valence-electron chi connectivity index (χ4n) is 5.02. The van der Waals surface area contributed by atoms with Crippen LogP contribution >= 0.6 is 0 Å². The molecule has 1 atom stereocenters. The van der Waals surface area contributed by atoms with Gasteiger partial charge in [-0.15, -0.1) is 0 Å². The molecule has 2 heterocycles. The number of anilines is 1. The molecule has 0 aromatic heterocycles. The summed E-state index contributed by atoms with van der Waals surface area (Å²) >= 11 is 0. The maximum Gasteiger partial charge on any atom is 0.337 e. The molecule has 1 saturated heterocycles. The maximum atomic E-state index is 12.7. The molecule has 2 aromatic carbocycles. The molecule has 4 rings (SSSR count). The van der Waals surface area contributed by atoms with E-state index >= 15 is 0 Å². The lowest BCUT2D eigenvalue weighted by molar-refractivity contribution is 0.184. The van der Waals surface area contributed by atoms with E-state index in [2.05, 4.69) is 53.5 Å². The van der Waals surface area contributed by atoms with Crippen molar-refractivity contribution in [1.29, 1.82) is 0 Å². The number of benzene rings is 2. The molecule has 0 saturated carbocycles. The SMILES string of the molecule is CNC(=O)N1N=C(c2ccc(N3CCC(N(C)C)CC3)cc2)c2cc(OC)c(OC)cc2C[C@@H]1C. The number of methoxy groups -OCH3 is 2. The quantitative estimate of drug-likeness (QED) is 0.710. The predicted molar refractivity (Wildman–Crippen MR) is 140 cm³/mol. The van der Waals surface area contributed by atoms with E-state index in [-0.39, 0.29) is 12.1 Å². The first-order valence-electron chi connectivity index (χ1n) is 12.2. The molecule has 0 radical (unpaired) electrons. The van der Waals surface area contributed by atoms with Crippen molar-refractivity contribution < 1.29 is 14.3 Å². The fourth-order valence-corrected chi connectivity index (χ4v) is 5.02. The molecule has 35 heavy (non-hydrogen) atoms. The predicted octanol–water partition coefficient (Wildman–Crippen LogP) is 3.57. The average Bonchev–Trinajstić information content (AvgIpc) is 3.03. The average molecular weight is 480 g/mol. The van der Waals surface area contributed by atoms with Crippen LogP contribution in [-0.2, 0) is 6.42 Å². The van der Waals surface area contributed by atoms with E-state index in [4.69, 9.17) is 14.6 Å². The highest BCUT2D eigenvalue weighted by Crippen LogP contribution is 2.35. The topological polar surface area (TPSA) is 69.6 Å². The van der Waals surface area contributed by atoms with Gasteiger partial charge in [-0.25, -0.2) is 9.80 Å². The van der Waals surface area contributed by atoms with Gasteiger partial charge in [0.2, 0.25) is 0 Å². The third-order valence-electron chi connectivity index (χ3n) is 7.13. The second-order valence-electron chi connectivity index (χ2n) is 9.49. The van der Waals surface area contributed by atoms with Crippen LogP contribution < -0.4 is 19.7 Å². The summed E-state index contributed by atoms with van der Waals surface area (Å²) in [6.07, 6.45) is 2.97. The Hall–Kier alpha value is -3.26. The monoisotopic (exact) mass is 479 g/mol. The molecule has 2 aliphatic rings. The summed E-state index contributed by atoms with van der Waals surface area (Å²) in [7, 11) is 9.21. The summed E-state index contributed by atoms with van der Waals surface area (Å²) in [5.41, 5.74) is 4.92. The summed E-state index contributed by atoms with van der Waals surface area (Å²) in [6.45, 7) is 4.10. The molecule has 2 aliphatic heterocycles. The van der Waals surface area contributed by atoms with Crippen LogP contribution in [0.3, 0.4) is 0 Å². The van der Waals surface area contributed by atoms with Crippen LogP contribution in [0, 0.1) is 0 Å². The molecule has 0 aliphatic carbocycles. The van der Waals surface area contributed by atoms with Crippen molar-refractivity contribution in [3.63, 3.8) is 0 Å². The van der Waals surface area contributed by atoms with E-state index < -0.39 is 0 Å². The van der Waals surface area contributed by atoms with Gasteiger partial charge in [-0.1, -0.05) is 12.1 Å². The Morgan fingerprint density at radius 3 is 2.26 bits per heavy atom. The molecule has 1 N–H and O–H groups in total. The van der Waals surface area contributed by atoms with Crippen LogP contribution in [0.1, 0.15) is 36.5 Å². The Kier molecular flexibility index (Phi) is 7.50. The minimum atomic E-state index is -0.234. The number of piperidine rings is 1. The number of carbonyl (C=O) groups is 1. The third kappa shape index (κ3) is 5.07. The molecule has 188 valence electrons. The van der Waals surface area contributed by atoms with Crippen LogP contribution in [0.15, 0.2) is 41.5 Å². The van der Waals surface area contributed by atoms with Gasteiger partial charge >= 0.3 is 6.03 Å². The number of nitrogens with one attached hydrogen (secondary N) is 1. The van der Waals surface area contributed by atoms with Gasteiger partial charge in [0.1, 0.15) is 0 Å². The Bertz CT molecular complexity index is 1070. The van der Waals surface area contributed by atoms with Gasteiger partial charge in [0, 0.05) is 43.0 Å². The number of carbonyl (C=O) groups excluding carboxylic acids is 1. The molecular formula is C27H37N5O3. The van der Waals surface area contributed by atoms with Gasteiger partial charge in [-0.3, -0.25) is 0 Å². The van der Waals surface area contributed by atoms with Crippen LogP contribution in [0.4, 0.5) is 10.5 Å². The number of urea groups is 1. The molecule has 8 heteroatoms. The lowest BCUT2D eigenvalue weighted by Crippen LogP contribution is -2.42. The number of amides is 2. The van der Waals surface area contributed by atoms with Crippen molar-refractivity contribution in [3.8, 4) is 11.5 Å². The van der Waals surface area contributed by atoms with Gasteiger partial charge in [0.25, 0.3) is 0 Å². The van der Waals surface area contributed by atoms with E-state index in [1.807, 2.05) is 19.1 Å². The molecule has 2 amide bonds. The molecule has 0 bridgehead atoms. The summed E-state index contributed by atoms with van der Waals surface area (Å²) in [6, 6.07) is 12.8. The highest BCUT2D eigenvalue weighted by atomic mass is 16.5. The standard InChI is InChI=1S/C27H37N5O3/c1-18-15-20-16-24(34-5)25(35-6)17-23(20)26(29-32(18)27(33)28-2)19-7-9-22(10-8-19)31-13-11-21(12-14-31)30(3)4/h7-10,16-18,21H,11-15H2,1-6H3,(H,28,33)/t18-/m0/s1. The van der Waals surface area contributed by atoms with Gasteiger partial charge in [-0.05, 0) is 70.1 Å². The van der Waals surface area contributed by atoms with Crippen LogP contribution in [0.5, 0.6) is 11.5 Å². The van der Waals surface area contributed by atoms with Crippen LogP contribution in [0.2, 0.25) is 0 Å². The second kappa shape index (κ2) is 10.6. The fraction of sp³-hybridized carbons (Fsp3) is 0.481. The zero-order valence-electron chi connectivity index (χ0n) is 21.7. The number of hydrazone groups is 1. The van der Waals surface area contributed by atoms with Gasteiger partial charge < -0.3 is 24.6 Å². The molecular weight excluding hydrogens is 442 g/mol. The van der Waals surface area contributed by atoms with Crippen molar-refractivity contribution in [2.24, 2.45) is 5.10 Å². The molecule has 0 spiro atoms. The molecule has 1 fully saturated rings. The summed E-state index contributed by atoms with van der Waals surface area (Å²) in [5.74, 6) is 1.31. The zero-order valence-corrected chi connectivity index (χ0v) is 21.7. The van der Waals surface area contributed by atoms with Crippen molar-refractivity contribution >= 4 is 17.4 Å². The molecule has 8 nitrogen and oxygen atoms in total. The number of rotatable bonds is 5. The first-order valence-corrected chi connectivity index (χ1v) is 12.2. The Balaban J connectivity index is 1.71. The lowest BCUT2D eigenvalue weighted by Gasteiger charge is -2.36. The van der Waals surface area contributed by atoms with Gasteiger partial charge in [-0.2, -0.15) is 5.10 Å². The van der Waals surface area contributed by atoms with Crippen LogP contribution in [0.25, 0.3) is 0 Å². The first kappa shape index (κ1) is 24.9. The van der Waals surface area contributed by atoms with Gasteiger partial charge in [0.15, 0.2) is 11.5 Å². The van der Waals surface area contributed by atoms with Crippen molar-refractivity contribution in [3.05, 3.63) is 53.1 Å². The zero-order chi connectivity index (χ0) is 25.1.